The molecule has 1 aromatic carbocycles. The van der Waals surface area contributed by atoms with E-state index in [1.54, 1.807) is 0 Å². The molecule has 8 heteroatoms. The molecule has 0 bridgehead atoms. The normalized spacial score (nSPS) is 18.1. The van der Waals surface area contributed by atoms with E-state index < -0.39 is 31.3 Å². The number of carbonyl (C=O) groups is 1. The van der Waals surface area contributed by atoms with Gasteiger partial charge in [0.1, 0.15) is 0 Å². The van der Waals surface area contributed by atoms with Crippen molar-refractivity contribution in [1.82, 2.24) is 0 Å². The summed E-state index contributed by atoms with van der Waals surface area (Å²) in [6.07, 6.45) is 0. The smallest absolute Gasteiger partial charge is 0.320 e. The van der Waals surface area contributed by atoms with Gasteiger partial charge in [0.25, 0.3) is 15.0 Å². The Hall–Kier alpha value is -1.21. The highest BCUT2D eigenvalue weighted by Gasteiger charge is 2.48. The summed E-state index contributed by atoms with van der Waals surface area (Å²) in [6.45, 7) is 0. The zero-order valence-corrected chi connectivity index (χ0v) is 9.07. The van der Waals surface area contributed by atoms with Crippen molar-refractivity contribution in [3.05, 3.63) is 23.8 Å². The Morgan fingerprint density at radius 1 is 1.31 bits per heavy atom. The summed E-state index contributed by atoms with van der Waals surface area (Å²) >= 11 is 0. The zero-order valence-electron chi connectivity index (χ0n) is 7.50. The Kier molecular flexibility index (Phi) is 2.22. The number of rotatable bonds is 1. The Bertz CT molecular complexity index is 585. The molecule has 1 heterocycles. The average Bonchev–Trinajstić information content (AvgIpc) is 2.37. The third-order valence-electron chi connectivity index (χ3n) is 2.14. The molecule has 0 aromatic heterocycles. The van der Waals surface area contributed by atoms with Gasteiger partial charge in [-0.1, -0.05) is 0 Å². The van der Waals surface area contributed by atoms with E-state index in [4.69, 9.17) is 10.7 Å². The summed E-state index contributed by atoms with van der Waals surface area (Å²) in [5.41, 5.74) is -0.793. The second-order valence-electron chi connectivity index (χ2n) is 3.17. The van der Waals surface area contributed by atoms with Crippen molar-refractivity contribution >= 4 is 31.3 Å². The van der Waals surface area contributed by atoms with E-state index in [0.29, 0.717) is 6.07 Å². The molecular formula is C8H4ClF2NO3S. The zero-order chi connectivity index (χ0) is 12.1. The average molecular weight is 268 g/mol. The van der Waals surface area contributed by atoms with E-state index in [9.17, 15) is 22.0 Å². The van der Waals surface area contributed by atoms with E-state index in [2.05, 4.69) is 0 Å². The van der Waals surface area contributed by atoms with Crippen molar-refractivity contribution in [2.75, 3.05) is 5.32 Å². The first-order chi connectivity index (χ1) is 7.23. The van der Waals surface area contributed by atoms with Gasteiger partial charge in [-0.05, 0) is 18.2 Å². The number of carbonyl (C=O) groups excluding carboxylic acids is 1. The Labute approximate surface area is 93.6 Å². The van der Waals surface area contributed by atoms with Crippen LogP contribution in [0.5, 0.6) is 0 Å². The maximum atomic E-state index is 13.2. The van der Waals surface area contributed by atoms with Gasteiger partial charge in [0.15, 0.2) is 0 Å². The Morgan fingerprint density at radius 2 is 1.94 bits per heavy atom. The fraction of sp³-hybridized carbons (Fsp3) is 0.125. The lowest BCUT2D eigenvalue weighted by Crippen LogP contribution is -2.23. The number of anilines is 1. The van der Waals surface area contributed by atoms with Crippen LogP contribution in [-0.2, 0) is 19.8 Å². The van der Waals surface area contributed by atoms with Gasteiger partial charge in [0.05, 0.1) is 16.1 Å². The molecule has 0 unspecified atom stereocenters. The van der Waals surface area contributed by atoms with Crippen LogP contribution in [0.1, 0.15) is 5.56 Å². The van der Waals surface area contributed by atoms with Crippen molar-refractivity contribution in [3.8, 4) is 0 Å². The van der Waals surface area contributed by atoms with Crippen molar-refractivity contribution in [3.63, 3.8) is 0 Å². The lowest BCUT2D eigenvalue weighted by atomic mass is 10.1. The Balaban J connectivity index is 2.66. The predicted molar refractivity (Wildman–Crippen MR) is 52.0 cm³/mol. The minimum absolute atomic E-state index is 0.112. The van der Waals surface area contributed by atoms with Crippen LogP contribution in [0.15, 0.2) is 23.1 Å². The predicted octanol–water partition coefficient (Wildman–Crippen LogP) is 1.66. The van der Waals surface area contributed by atoms with Crippen LogP contribution in [0.3, 0.4) is 0 Å². The first-order valence-corrected chi connectivity index (χ1v) is 6.32. The number of amides is 1. The number of hydrogen-bond donors (Lipinski definition) is 1. The molecule has 0 saturated carbocycles. The third kappa shape index (κ3) is 1.56. The highest BCUT2D eigenvalue weighted by Crippen LogP contribution is 2.41. The van der Waals surface area contributed by atoms with Gasteiger partial charge in [0, 0.05) is 10.7 Å². The summed E-state index contributed by atoms with van der Waals surface area (Å²) in [5, 5.41) is 1.94. The van der Waals surface area contributed by atoms with E-state index in [0.717, 1.165) is 12.1 Å². The number of nitrogens with one attached hydrogen (secondary N) is 1. The number of hydrogen-bond acceptors (Lipinski definition) is 3. The summed E-state index contributed by atoms with van der Waals surface area (Å²) in [7, 11) is 0.919. The van der Waals surface area contributed by atoms with Crippen molar-refractivity contribution in [2.45, 2.75) is 10.8 Å². The fourth-order valence-corrected chi connectivity index (χ4v) is 2.14. The van der Waals surface area contributed by atoms with Crippen molar-refractivity contribution in [2.24, 2.45) is 0 Å². The van der Waals surface area contributed by atoms with Crippen molar-refractivity contribution < 1.29 is 22.0 Å². The third-order valence-corrected chi connectivity index (χ3v) is 3.50. The van der Waals surface area contributed by atoms with Gasteiger partial charge in [-0.2, -0.15) is 8.78 Å². The fourth-order valence-electron chi connectivity index (χ4n) is 1.37. The van der Waals surface area contributed by atoms with Gasteiger partial charge in [0.2, 0.25) is 0 Å². The van der Waals surface area contributed by atoms with E-state index in [1.807, 2.05) is 5.32 Å². The maximum Gasteiger partial charge on any atom is 0.352 e. The quantitative estimate of drug-likeness (QED) is 0.787. The molecule has 0 saturated heterocycles. The van der Waals surface area contributed by atoms with Crippen LogP contribution >= 0.6 is 10.7 Å². The molecule has 0 radical (unpaired) electrons. The highest BCUT2D eigenvalue weighted by atomic mass is 35.7. The van der Waals surface area contributed by atoms with Gasteiger partial charge < -0.3 is 5.32 Å². The molecule has 1 amide bonds. The molecule has 86 valence electrons. The van der Waals surface area contributed by atoms with Crippen LogP contribution in [-0.4, -0.2) is 14.3 Å². The van der Waals surface area contributed by atoms with E-state index in [-0.39, 0.29) is 5.69 Å². The second kappa shape index (κ2) is 3.14. The second-order valence-corrected chi connectivity index (χ2v) is 5.74. The summed E-state index contributed by atoms with van der Waals surface area (Å²) in [5.74, 6) is -5.21. The first kappa shape index (κ1) is 11.3. The molecular weight excluding hydrogens is 264 g/mol. The molecule has 0 fully saturated rings. The van der Waals surface area contributed by atoms with Crippen LogP contribution in [0.25, 0.3) is 0 Å². The first-order valence-electron chi connectivity index (χ1n) is 4.01. The van der Waals surface area contributed by atoms with Crippen LogP contribution in [0, 0.1) is 0 Å². The van der Waals surface area contributed by atoms with E-state index in [1.165, 1.54) is 0 Å². The van der Waals surface area contributed by atoms with Gasteiger partial charge in [-0.15, -0.1) is 0 Å². The molecule has 4 nitrogen and oxygen atoms in total. The van der Waals surface area contributed by atoms with Gasteiger partial charge in [-0.3, -0.25) is 4.79 Å². The monoisotopic (exact) mass is 267 g/mol. The molecule has 1 N–H and O–H groups in total. The Morgan fingerprint density at radius 3 is 2.50 bits per heavy atom. The number of fused-ring (bicyclic) bond motifs is 1. The molecule has 2 rings (SSSR count). The summed E-state index contributed by atoms with van der Waals surface area (Å²) < 4.78 is 48.4. The lowest BCUT2D eigenvalue weighted by Gasteiger charge is -2.06. The SMILES string of the molecule is O=C1Nc2ccc(S(=O)(=O)Cl)cc2C1(F)F. The van der Waals surface area contributed by atoms with Crippen LogP contribution in [0.4, 0.5) is 14.5 Å². The minimum atomic E-state index is -4.09. The van der Waals surface area contributed by atoms with Crippen molar-refractivity contribution in [1.29, 1.82) is 0 Å². The molecule has 1 aliphatic rings. The maximum absolute atomic E-state index is 13.2. The summed E-state index contributed by atoms with van der Waals surface area (Å²) in [6, 6.07) is 2.81. The van der Waals surface area contributed by atoms with Crippen LogP contribution in [0.2, 0.25) is 0 Å². The highest BCUT2D eigenvalue weighted by molar-refractivity contribution is 8.13. The molecule has 16 heavy (non-hydrogen) atoms. The number of halogens is 3. The van der Waals surface area contributed by atoms with Crippen LogP contribution < -0.4 is 5.32 Å². The minimum Gasteiger partial charge on any atom is -0.320 e. The van der Waals surface area contributed by atoms with E-state index >= 15 is 0 Å². The summed E-state index contributed by atoms with van der Waals surface area (Å²) in [4.78, 5) is 10.4. The molecule has 0 aliphatic carbocycles. The number of benzene rings is 1. The molecule has 0 atom stereocenters. The topological polar surface area (TPSA) is 63.2 Å². The standard InChI is InChI=1S/C8H4ClF2NO3S/c9-16(14,15)4-1-2-6-5(3-4)8(10,11)7(13)12-6/h1-3H,(H,12,13). The van der Waals surface area contributed by atoms with Gasteiger partial charge in [-0.25, -0.2) is 8.42 Å². The largest absolute Gasteiger partial charge is 0.352 e. The number of alkyl halides is 2. The molecule has 1 aromatic rings. The molecule has 1 aliphatic heterocycles. The molecule has 0 spiro atoms. The van der Waals surface area contributed by atoms with Gasteiger partial charge >= 0.3 is 5.92 Å². The lowest BCUT2D eigenvalue weighted by molar-refractivity contribution is -0.139.